The molecular weight excluding hydrogens is 276 g/mol. The lowest BCUT2D eigenvalue weighted by Gasteiger charge is -2.22. The van der Waals surface area contributed by atoms with Gasteiger partial charge in [-0.15, -0.1) is 0 Å². The number of piperidine rings is 1. The minimum Gasteiger partial charge on any atom is -0.492 e. The smallest absolute Gasteiger partial charge is 0.243 e. The molecule has 112 valence electrons. The van der Waals surface area contributed by atoms with E-state index < -0.39 is 10.0 Å². The van der Waals surface area contributed by atoms with Crippen molar-refractivity contribution >= 4 is 10.0 Å². The van der Waals surface area contributed by atoms with Crippen LogP contribution in [0.4, 0.5) is 0 Å². The summed E-state index contributed by atoms with van der Waals surface area (Å²) >= 11 is 0. The van der Waals surface area contributed by atoms with Crippen LogP contribution in [0.5, 0.6) is 5.75 Å². The van der Waals surface area contributed by atoms with Gasteiger partial charge in [0.15, 0.2) is 0 Å². The summed E-state index contributed by atoms with van der Waals surface area (Å²) in [7, 11) is -2.07. The van der Waals surface area contributed by atoms with Gasteiger partial charge in [-0.2, -0.15) is 0 Å². The Kier molecular flexibility index (Phi) is 5.39. The second-order valence-electron chi connectivity index (χ2n) is 5.00. The summed E-state index contributed by atoms with van der Waals surface area (Å²) in [6.45, 7) is 2.67. The summed E-state index contributed by atoms with van der Waals surface area (Å²) < 4.78 is 31.8. The van der Waals surface area contributed by atoms with Gasteiger partial charge in [0.05, 0.1) is 6.61 Å². The van der Waals surface area contributed by atoms with E-state index in [1.54, 1.807) is 24.3 Å². The zero-order chi connectivity index (χ0) is 14.4. The van der Waals surface area contributed by atoms with Crippen molar-refractivity contribution in [2.75, 3.05) is 26.7 Å². The Morgan fingerprint density at radius 1 is 1.40 bits per heavy atom. The molecular formula is C14H22N2O3S. The van der Waals surface area contributed by atoms with Gasteiger partial charge in [0.2, 0.25) is 10.0 Å². The van der Waals surface area contributed by atoms with E-state index in [9.17, 15) is 8.42 Å². The van der Waals surface area contributed by atoms with Crippen LogP contribution in [0.2, 0.25) is 0 Å². The van der Waals surface area contributed by atoms with Gasteiger partial charge in [0, 0.05) is 0 Å². The highest BCUT2D eigenvalue weighted by Gasteiger charge is 2.18. The lowest BCUT2D eigenvalue weighted by molar-refractivity contribution is 0.249. The van der Waals surface area contributed by atoms with E-state index in [-0.39, 0.29) is 4.90 Å². The van der Waals surface area contributed by atoms with Crippen molar-refractivity contribution < 1.29 is 13.2 Å². The number of hydrogen-bond acceptors (Lipinski definition) is 4. The molecule has 1 atom stereocenters. The molecule has 0 aliphatic carbocycles. The SMILES string of the molecule is CNS(=O)(=O)c1ccccc1OCCC1CCCNC1. The lowest BCUT2D eigenvalue weighted by Crippen LogP contribution is -2.30. The Labute approximate surface area is 120 Å². The van der Waals surface area contributed by atoms with Gasteiger partial charge >= 0.3 is 0 Å². The zero-order valence-electron chi connectivity index (χ0n) is 11.8. The Bertz CT molecular complexity index is 525. The molecule has 1 aliphatic rings. The zero-order valence-corrected chi connectivity index (χ0v) is 12.6. The largest absolute Gasteiger partial charge is 0.492 e. The highest BCUT2D eigenvalue weighted by molar-refractivity contribution is 7.89. The standard InChI is InChI=1S/C14H22N2O3S/c1-15-20(17,18)14-7-3-2-6-13(14)19-10-8-12-5-4-9-16-11-12/h2-3,6-7,12,15-16H,4-5,8-11H2,1H3. The molecule has 1 heterocycles. The predicted octanol–water partition coefficient (Wildman–Crippen LogP) is 1.36. The molecule has 20 heavy (non-hydrogen) atoms. The van der Waals surface area contributed by atoms with Crippen molar-refractivity contribution in [2.45, 2.75) is 24.2 Å². The maximum Gasteiger partial charge on any atom is 0.243 e. The topological polar surface area (TPSA) is 67.4 Å². The highest BCUT2D eigenvalue weighted by atomic mass is 32.2. The van der Waals surface area contributed by atoms with Crippen LogP contribution in [0.1, 0.15) is 19.3 Å². The summed E-state index contributed by atoms with van der Waals surface area (Å²) in [6.07, 6.45) is 3.36. The molecule has 2 rings (SSSR count). The first kappa shape index (κ1) is 15.3. The molecule has 1 unspecified atom stereocenters. The molecule has 1 fully saturated rings. The molecule has 6 heteroatoms. The van der Waals surface area contributed by atoms with Crippen LogP contribution in [-0.4, -0.2) is 35.2 Å². The first-order valence-corrected chi connectivity index (χ1v) is 8.48. The first-order chi connectivity index (χ1) is 9.63. The molecule has 0 saturated carbocycles. The third-order valence-electron chi connectivity index (χ3n) is 3.59. The van der Waals surface area contributed by atoms with E-state index in [2.05, 4.69) is 10.0 Å². The van der Waals surface area contributed by atoms with Crippen LogP contribution >= 0.6 is 0 Å². The van der Waals surface area contributed by atoms with Gasteiger partial charge in [-0.05, 0) is 57.5 Å². The molecule has 2 N–H and O–H groups in total. The van der Waals surface area contributed by atoms with E-state index in [0.29, 0.717) is 18.3 Å². The van der Waals surface area contributed by atoms with Crippen LogP contribution in [-0.2, 0) is 10.0 Å². The molecule has 0 spiro atoms. The number of sulfonamides is 1. The van der Waals surface area contributed by atoms with Crippen molar-refractivity contribution in [2.24, 2.45) is 5.92 Å². The Balaban J connectivity index is 1.95. The Morgan fingerprint density at radius 2 is 2.20 bits per heavy atom. The summed E-state index contributed by atoms with van der Waals surface area (Å²) in [5, 5.41) is 3.37. The van der Waals surface area contributed by atoms with E-state index in [0.717, 1.165) is 19.5 Å². The fourth-order valence-corrected chi connectivity index (χ4v) is 3.28. The van der Waals surface area contributed by atoms with E-state index in [1.165, 1.54) is 19.9 Å². The minimum atomic E-state index is -3.47. The Morgan fingerprint density at radius 3 is 2.90 bits per heavy atom. The van der Waals surface area contributed by atoms with E-state index in [1.807, 2.05) is 0 Å². The first-order valence-electron chi connectivity index (χ1n) is 6.99. The third kappa shape index (κ3) is 3.94. The van der Waals surface area contributed by atoms with Crippen LogP contribution in [0, 0.1) is 5.92 Å². The summed E-state index contributed by atoms with van der Waals surface area (Å²) in [5.41, 5.74) is 0. The lowest BCUT2D eigenvalue weighted by atomic mass is 9.97. The summed E-state index contributed by atoms with van der Waals surface area (Å²) in [6, 6.07) is 6.74. The van der Waals surface area contributed by atoms with Crippen molar-refractivity contribution in [3.63, 3.8) is 0 Å². The van der Waals surface area contributed by atoms with Crippen molar-refractivity contribution in [3.05, 3.63) is 24.3 Å². The Hall–Kier alpha value is -1.11. The highest BCUT2D eigenvalue weighted by Crippen LogP contribution is 2.23. The number of benzene rings is 1. The fraction of sp³-hybridized carbons (Fsp3) is 0.571. The van der Waals surface area contributed by atoms with Crippen LogP contribution in [0.25, 0.3) is 0 Å². The van der Waals surface area contributed by atoms with Gasteiger partial charge in [-0.1, -0.05) is 12.1 Å². The molecule has 1 aliphatic heterocycles. The van der Waals surface area contributed by atoms with Gasteiger partial charge < -0.3 is 10.1 Å². The molecule has 0 radical (unpaired) electrons. The van der Waals surface area contributed by atoms with Crippen LogP contribution in [0.15, 0.2) is 29.2 Å². The third-order valence-corrected chi connectivity index (χ3v) is 5.04. The molecule has 0 bridgehead atoms. The van der Waals surface area contributed by atoms with Crippen molar-refractivity contribution in [3.8, 4) is 5.75 Å². The maximum absolute atomic E-state index is 11.9. The summed E-state index contributed by atoms with van der Waals surface area (Å²) in [5.74, 6) is 1.04. The van der Waals surface area contributed by atoms with Crippen molar-refractivity contribution in [1.29, 1.82) is 0 Å². The number of nitrogens with one attached hydrogen (secondary N) is 2. The average molecular weight is 298 g/mol. The predicted molar refractivity (Wildman–Crippen MR) is 78.4 cm³/mol. The fourth-order valence-electron chi connectivity index (χ4n) is 2.41. The number of rotatable bonds is 6. The molecule has 0 aromatic heterocycles. The van der Waals surface area contributed by atoms with Crippen LogP contribution in [0.3, 0.4) is 0 Å². The second-order valence-corrected chi connectivity index (χ2v) is 6.86. The molecule has 1 aromatic carbocycles. The van der Waals surface area contributed by atoms with Crippen molar-refractivity contribution in [1.82, 2.24) is 10.0 Å². The normalized spacial score (nSPS) is 19.8. The molecule has 5 nitrogen and oxygen atoms in total. The van der Waals surface area contributed by atoms with Gasteiger partial charge in [-0.25, -0.2) is 13.1 Å². The van der Waals surface area contributed by atoms with Gasteiger partial charge in [0.1, 0.15) is 10.6 Å². The van der Waals surface area contributed by atoms with Crippen LogP contribution < -0.4 is 14.8 Å². The number of hydrogen-bond donors (Lipinski definition) is 2. The maximum atomic E-state index is 11.9. The summed E-state index contributed by atoms with van der Waals surface area (Å²) in [4.78, 5) is 0.198. The molecule has 1 aromatic rings. The average Bonchev–Trinajstić information content (AvgIpc) is 2.49. The van der Waals surface area contributed by atoms with E-state index >= 15 is 0 Å². The number of para-hydroxylation sites is 1. The number of ether oxygens (including phenoxy) is 1. The van der Waals surface area contributed by atoms with E-state index in [4.69, 9.17) is 4.74 Å². The minimum absolute atomic E-state index is 0.198. The molecule has 1 saturated heterocycles. The molecule has 0 amide bonds. The second kappa shape index (κ2) is 7.06. The van der Waals surface area contributed by atoms with Gasteiger partial charge in [-0.3, -0.25) is 0 Å². The monoisotopic (exact) mass is 298 g/mol. The van der Waals surface area contributed by atoms with Gasteiger partial charge in [0.25, 0.3) is 0 Å². The quantitative estimate of drug-likeness (QED) is 0.832.